The molecule has 2 aromatic rings. The van der Waals surface area contributed by atoms with E-state index in [4.69, 9.17) is 4.74 Å². The molecular weight excluding hydrogens is 581 g/mol. The van der Waals surface area contributed by atoms with Crippen LogP contribution in [-0.4, -0.2) is 83.1 Å². The molecule has 0 aliphatic carbocycles. The number of amides is 3. The zero-order chi connectivity index (χ0) is 31.5. The monoisotopic (exact) mass is 628 g/mol. The number of carbonyl (C=O) groups excluding carboxylic acids is 3. The van der Waals surface area contributed by atoms with Crippen molar-refractivity contribution in [3.05, 3.63) is 71.8 Å². The van der Waals surface area contributed by atoms with Gasteiger partial charge in [-0.25, -0.2) is 0 Å². The Hall–Kier alpha value is -2.53. The maximum Gasteiger partial charge on any atom is 0.244 e. The van der Waals surface area contributed by atoms with Crippen molar-refractivity contribution in [3.8, 4) is 0 Å². The molecule has 3 rings (SSSR count). The van der Waals surface area contributed by atoms with E-state index >= 15 is 0 Å². The minimum absolute atomic E-state index is 0.0468. The molecule has 2 aromatic carbocycles. The Bertz CT molecular complexity index is 1170. The molecule has 1 unspecified atom stereocenters. The first-order valence-electron chi connectivity index (χ1n) is 14.9. The SMILES string of the molecule is CC(C)NC(=O)[C@H](NC(=O)CNC(C(=O)N1CCOCC1)C(C)(C)SCc1ccccc1)C(C)(C)SCc1ccccc1. The number of nitrogens with one attached hydrogen (secondary N) is 3. The van der Waals surface area contributed by atoms with Crippen LogP contribution in [0, 0.1) is 0 Å². The molecule has 10 heteroatoms. The summed E-state index contributed by atoms with van der Waals surface area (Å²) in [5, 5.41) is 9.25. The highest BCUT2D eigenvalue weighted by molar-refractivity contribution is 8.00. The fourth-order valence-electron chi connectivity index (χ4n) is 4.78. The second-order valence-electron chi connectivity index (χ2n) is 12.2. The zero-order valence-corrected chi connectivity index (χ0v) is 28.0. The van der Waals surface area contributed by atoms with Crippen LogP contribution >= 0.6 is 23.5 Å². The maximum absolute atomic E-state index is 13.8. The predicted molar refractivity (Wildman–Crippen MR) is 178 cm³/mol. The molecule has 236 valence electrons. The third-order valence-electron chi connectivity index (χ3n) is 7.33. The number of nitrogens with zero attached hydrogens (tertiary/aromatic N) is 1. The van der Waals surface area contributed by atoms with Crippen molar-refractivity contribution in [1.29, 1.82) is 0 Å². The summed E-state index contributed by atoms with van der Waals surface area (Å²) in [5.74, 6) is 0.832. The Morgan fingerprint density at radius 1 is 0.791 bits per heavy atom. The van der Waals surface area contributed by atoms with E-state index < -0.39 is 21.6 Å². The minimum atomic E-state index is -0.772. The van der Waals surface area contributed by atoms with E-state index in [1.165, 1.54) is 5.56 Å². The van der Waals surface area contributed by atoms with Gasteiger partial charge < -0.3 is 20.3 Å². The Balaban J connectivity index is 1.73. The summed E-state index contributed by atoms with van der Waals surface area (Å²) in [5.41, 5.74) is 2.32. The lowest BCUT2D eigenvalue weighted by Gasteiger charge is -2.38. The summed E-state index contributed by atoms with van der Waals surface area (Å²) >= 11 is 3.30. The molecule has 43 heavy (non-hydrogen) atoms. The van der Waals surface area contributed by atoms with Gasteiger partial charge in [0, 0.05) is 40.1 Å². The van der Waals surface area contributed by atoms with E-state index in [1.54, 1.807) is 23.5 Å². The third-order valence-corrected chi connectivity index (χ3v) is 10.2. The second kappa shape index (κ2) is 16.5. The molecule has 0 bridgehead atoms. The van der Waals surface area contributed by atoms with E-state index in [0.29, 0.717) is 32.1 Å². The largest absolute Gasteiger partial charge is 0.378 e. The lowest BCUT2D eigenvalue weighted by molar-refractivity contribution is -0.138. The second-order valence-corrected chi connectivity index (χ2v) is 15.4. The van der Waals surface area contributed by atoms with Crippen molar-refractivity contribution >= 4 is 41.2 Å². The molecule has 8 nitrogen and oxygen atoms in total. The van der Waals surface area contributed by atoms with Crippen LogP contribution in [0.25, 0.3) is 0 Å². The van der Waals surface area contributed by atoms with E-state index in [-0.39, 0.29) is 30.3 Å². The van der Waals surface area contributed by atoms with E-state index in [2.05, 4.69) is 40.2 Å². The van der Waals surface area contributed by atoms with Crippen LogP contribution in [0.4, 0.5) is 0 Å². The first-order valence-corrected chi connectivity index (χ1v) is 16.9. The highest BCUT2D eigenvalue weighted by Gasteiger charge is 2.40. The Morgan fingerprint density at radius 2 is 1.28 bits per heavy atom. The number of hydrogen-bond donors (Lipinski definition) is 3. The molecule has 3 N–H and O–H groups in total. The van der Waals surface area contributed by atoms with Gasteiger partial charge in [-0.05, 0) is 52.7 Å². The van der Waals surface area contributed by atoms with Gasteiger partial charge in [0.2, 0.25) is 17.7 Å². The van der Waals surface area contributed by atoms with Gasteiger partial charge in [0.1, 0.15) is 12.1 Å². The number of hydrogen-bond acceptors (Lipinski definition) is 7. The fourth-order valence-corrected chi connectivity index (χ4v) is 6.93. The predicted octanol–water partition coefficient (Wildman–Crippen LogP) is 4.24. The normalized spacial score (nSPS) is 15.6. The average molecular weight is 629 g/mol. The van der Waals surface area contributed by atoms with Gasteiger partial charge in [-0.3, -0.25) is 19.7 Å². The third kappa shape index (κ3) is 11.2. The van der Waals surface area contributed by atoms with Gasteiger partial charge in [-0.1, -0.05) is 60.7 Å². The Labute approximate surface area is 265 Å². The molecule has 0 radical (unpaired) electrons. The first-order chi connectivity index (χ1) is 20.4. The molecule has 1 heterocycles. The van der Waals surface area contributed by atoms with Gasteiger partial charge in [0.25, 0.3) is 0 Å². The number of benzene rings is 2. The molecule has 3 amide bonds. The van der Waals surface area contributed by atoms with Gasteiger partial charge in [0.05, 0.1) is 19.8 Å². The molecule has 1 fully saturated rings. The van der Waals surface area contributed by atoms with E-state index in [1.807, 2.05) is 82.8 Å². The van der Waals surface area contributed by atoms with Crippen molar-refractivity contribution < 1.29 is 19.1 Å². The Kier molecular flexibility index (Phi) is 13.4. The molecule has 1 aliphatic rings. The lowest BCUT2D eigenvalue weighted by atomic mass is 10.0. The lowest BCUT2D eigenvalue weighted by Crippen LogP contribution is -2.61. The molecule has 0 aromatic heterocycles. The van der Waals surface area contributed by atoms with Gasteiger partial charge in [-0.2, -0.15) is 0 Å². The van der Waals surface area contributed by atoms with Gasteiger partial charge >= 0.3 is 0 Å². The van der Waals surface area contributed by atoms with Crippen molar-refractivity contribution in [1.82, 2.24) is 20.9 Å². The van der Waals surface area contributed by atoms with Crippen LogP contribution in [0.2, 0.25) is 0 Å². The van der Waals surface area contributed by atoms with E-state index in [0.717, 1.165) is 11.3 Å². The number of rotatable bonds is 15. The number of thioether (sulfide) groups is 2. The smallest absolute Gasteiger partial charge is 0.244 e. The van der Waals surface area contributed by atoms with Crippen LogP contribution in [0.3, 0.4) is 0 Å². The number of morpholine rings is 1. The van der Waals surface area contributed by atoms with Crippen molar-refractivity contribution in [3.63, 3.8) is 0 Å². The van der Waals surface area contributed by atoms with Crippen molar-refractivity contribution in [2.75, 3.05) is 32.8 Å². The fraction of sp³-hybridized carbons (Fsp3) is 0.545. The minimum Gasteiger partial charge on any atom is -0.378 e. The van der Waals surface area contributed by atoms with Crippen molar-refractivity contribution in [2.24, 2.45) is 0 Å². The Morgan fingerprint density at radius 3 is 1.77 bits per heavy atom. The highest BCUT2D eigenvalue weighted by Crippen LogP contribution is 2.33. The average Bonchev–Trinajstić information content (AvgIpc) is 2.99. The molecular formula is C33H48N4O4S2. The van der Waals surface area contributed by atoms with Crippen molar-refractivity contribution in [2.45, 2.75) is 80.7 Å². The summed E-state index contributed by atoms with van der Waals surface area (Å²) in [7, 11) is 0. The van der Waals surface area contributed by atoms with Crippen LogP contribution in [0.15, 0.2) is 60.7 Å². The molecule has 0 spiro atoms. The zero-order valence-electron chi connectivity index (χ0n) is 26.4. The summed E-state index contributed by atoms with van der Waals surface area (Å²) in [6.45, 7) is 13.8. The van der Waals surface area contributed by atoms with Crippen LogP contribution in [0.5, 0.6) is 0 Å². The van der Waals surface area contributed by atoms with Crippen LogP contribution in [0.1, 0.15) is 52.7 Å². The summed E-state index contributed by atoms with van der Waals surface area (Å²) in [4.78, 5) is 42.4. The molecule has 0 saturated carbocycles. The highest BCUT2D eigenvalue weighted by atomic mass is 32.2. The molecule has 1 saturated heterocycles. The quantitative estimate of drug-likeness (QED) is 0.272. The van der Waals surface area contributed by atoms with Gasteiger partial charge in [-0.15, -0.1) is 23.5 Å². The number of carbonyl (C=O) groups is 3. The van der Waals surface area contributed by atoms with Crippen LogP contribution in [-0.2, 0) is 30.6 Å². The van der Waals surface area contributed by atoms with Crippen LogP contribution < -0.4 is 16.0 Å². The standard InChI is InChI=1S/C33H48N4O4S2/c1-24(2)35-30(39)28(32(3,4)42-22-25-13-9-7-10-14-25)36-27(38)21-34-29(31(40)37-17-19-41-20-18-37)33(5,6)43-23-26-15-11-8-12-16-26/h7-16,24,28-29,34H,17-23H2,1-6H3,(H,35,39)(H,36,38)/t28-,29?/m0/s1. The molecule has 1 aliphatic heterocycles. The topological polar surface area (TPSA) is 99.8 Å². The van der Waals surface area contributed by atoms with E-state index in [9.17, 15) is 14.4 Å². The first kappa shape index (κ1) is 35.0. The van der Waals surface area contributed by atoms with Gasteiger partial charge in [0.15, 0.2) is 0 Å². The molecule has 2 atom stereocenters. The maximum atomic E-state index is 13.8. The summed E-state index contributed by atoms with van der Waals surface area (Å²) < 4.78 is 4.35. The summed E-state index contributed by atoms with van der Waals surface area (Å²) in [6.07, 6.45) is 0. The number of ether oxygens (including phenoxy) is 1. The summed E-state index contributed by atoms with van der Waals surface area (Å²) in [6, 6.07) is 18.8.